The summed E-state index contributed by atoms with van der Waals surface area (Å²) in [6.07, 6.45) is 7.73. The molecule has 2 aromatic heterocycles. The second-order valence-electron chi connectivity index (χ2n) is 5.95. The number of aromatic nitrogens is 4. The molecule has 0 radical (unpaired) electrons. The van der Waals surface area contributed by atoms with Gasteiger partial charge in [0.1, 0.15) is 5.82 Å². The number of thioether (sulfide) groups is 1. The molecule has 27 heavy (non-hydrogen) atoms. The van der Waals surface area contributed by atoms with E-state index in [-0.39, 0.29) is 0 Å². The van der Waals surface area contributed by atoms with Crippen LogP contribution in [0.5, 0.6) is 0 Å². The molecule has 1 N–H and O–H groups in total. The minimum atomic E-state index is 0.700. The van der Waals surface area contributed by atoms with Crippen LogP contribution in [0.3, 0.4) is 0 Å². The van der Waals surface area contributed by atoms with Gasteiger partial charge in [0.05, 0.1) is 11.6 Å². The summed E-state index contributed by atoms with van der Waals surface area (Å²) in [5.74, 6) is 0.799. The first-order valence-corrected chi connectivity index (χ1v) is 9.86. The largest absolute Gasteiger partial charge is 0.365 e. The van der Waals surface area contributed by atoms with Gasteiger partial charge in [-0.1, -0.05) is 72.4 Å². The highest BCUT2D eigenvalue weighted by Crippen LogP contribution is 2.24. The zero-order chi connectivity index (χ0) is 18.5. The lowest BCUT2D eigenvalue weighted by atomic mass is 10.2. The minimum absolute atomic E-state index is 0.700. The molecule has 0 atom stereocenters. The van der Waals surface area contributed by atoms with Crippen LogP contribution >= 0.6 is 11.8 Å². The topological polar surface area (TPSA) is 55.6 Å². The third-order valence-electron chi connectivity index (χ3n) is 4.13. The number of hydrogen-bond acceptors (Lipinski definition) is 5. The zero-order valence-corrected chi connectivity index (χ0v) is 15.7. The molecule has 0 saturated carbocycles. The van der Waals surface area contributed by atoms with Gasteiger partial charge in [0.2, 0.25) is 0 Å². The van der Waals surface area contributed by atoms with E-state index in [1.165, 1.54) is 17.3 Å². The minimum Gasteiger partial charge on any atom is -0.365 e. The van der Waals surface area contributed by atoms with E-state index in [4.69, 9.17) is 0 Å². The summed E-state index contributed by atoms with van der Waals surface area (Å²) >= 11 is 1.52. The predicted octanol–water partition coefficient (Wildman–Crippen LogP) is 4.79. The molecule has 0 aliphatic carbocycles. The average molecular weight is 373 g/mol. The molecule has 0 unspecified atom stereocenters. The number of fused-ring (bicyclic) bond motifs is 1. The van der Waals surface area contributed by atoms with E-state index in [1.807, 2.05) is 61.1 Å². The van der Waals surface area contributed by atoms with Crippen LogP contribution in [-0.4, -0.2) is 26.0 Å². The summed E-state index contributed by atoms with van der Waals surface area (Å²) in [4.78, 5) is 9.27. The Morgan fingerprint density at radius 2 is 1.74 bits per heavy atom. The van der Waals surface area contributed by atoms with E-state index in [1.54, 1.807) is 4.68 Å². The van der Waals surface area contributed by atoms with Crippen molar-refractivity contribution in [3.05, 3.63) is 78.0 Å². The van der Waals surface area contributed by atoms with Crippen LogP contribution < -0.4 is 5.32 Å². The third kappa shape index (κ3) is 4.01. The van der Waals surface area contributed by atoms with Crippen molar-refractivity contribution in [3.8, 4) is 0 Å². The Labute approximate surface area is 162 Å². The van der Waals surface area contributed by atoms with Gasteiger partial charge in [-0.15, -0.1) is 0 Å². The fourth-order valence-corrected chi connectivity index (χ4v) is 3.10. The number of rotatable bonds is 6. The summed E-state index contributed by atoms with van der Waals surface area (Å²) in [6.45, 7) is 0.700. The Balaban J connectivity index is 1.66. The van der Waals surface area contributed by atoms with Gasteiger partial charge < -0.3 is 5.32 Å². The molecule has 0 amide bonds. The highest BCUT2D eigenvalue weighted by Gasteiger charge is 2.11. The first kappa shape index (κ1) is 17.3. The normalized spacial score (nSPS) is 11.3. The summed E-state index contributed by atoms with van der Waals surface area (Å²) in [5.41, 5.74) is 3.10. The molecule has 5 nitrogen and oxygen atoms in total. The monoisotopic (exact) mass is 373 g/mol. The molecule has 6 heteroatoms. The molecule has 4 rings (SSSR count). The maximum atomic E-state index is 4.64. The summed E-state index contributed by atoms with van der Waals surface area (Å²) in [7, 11) is 0. The van der Waals surface area contributed by atoms with E-state index in [0.717, 1.165) is 22.4 Å². The van der Waals surface area contributed by atoms with Crippen LogP contribution in [0.2, 0.25) is 0 Å². The molecule has 0 spiro atoms. The van der Waals surface area contributed by atoms with E-state index >= 15 is 0 Å². The number of hydrogen-bond donors (Lipinski definition) is 1. The first-order valence-electron chi connectivity index (χ1n) is 8.64. The van der Waals surface area contributed by atoms with Crippen molar-refractivity contribution in [1.82, 2.24) is 19.7 Å². The molecule has 134 valence electrons. The predicted molar refractivity (Wildman–Crippen MR) is 113 cm³/mol. The fraction of sp³-hybridized carbons (Fsp3) is 0.0952. The highest BCUT2D eigenvalue weighted by atomic mass is 32.2. The summed E-state index contributed by atoms with van der Waals surface area (Å²) in [5, 5.41) is 9.52. The van der Waals surface area contributed by atoms with Gasteiger partial charge in [-0.2, -0.15) is 5.10 Å². The lowest BCUT2D eigenvalue weighted by Crippen LogP contribution is -2.04. The van der Waals surface area contributed by atoms with Crippen molar-refractivity contribution in [1.29, 1.82) is 0 Å². The maximum Gasteiger partial charge on any atom is 0.191 e. The van der Waals surface area contributed by atoms with Crippen molar-refractivity contribution >= 4 is 40.9 Å². The van der Waals surface area contributed by atoms with Gasteiger partial charge >= 0.3 is 0 Å². The van der Waals surface area contributed by atoms with Crippen molar-refractivity contribution in [2.24, 2.45) is 0 Å². The Hall–Kier alpha value is -3.12. The van der Waals surface area contributed by atoms with E-state index < -0.39 is 0 Å². The van der Waals surface area contributed by atoms with Crippen LogP contribution in [0.1, 0.15) is 11.1 Å². The van der Waals surface area contributed by atoms with Crippen LogP contribution in [0.25, 0.3) is 23.3 Å². The van der Waals surface area contributed by atoms with Crippen LogP contribution in [-0.2, 0) is 6.54 Å². The van der Waals surface area contributed by atoms with Crippen molar-refractivity contribution in [2.75, 3.05) is 11.6 Å². The molecule has 0 aliphatic rings. The molecular formula is C21H19N5S. The van der Waals surface area contributed by atoms with Crippen molar-refractivity contribution in [2.45, 2.75) is 11.7 Å². The molecular weight excluding hydrogens is 354 g/mol. The second kappa shape index (κ2) is 8.05. The SMILES string of the molecule is CSc1nc(NCc2ccccc2)c2cnn(/C=C/c3ccccc3)c2n1. The van der Waals surface area contributed by atoms with Crippen LogP contribution in [0, 0.1) is 0 Å². The molecule has 2 aromatic carbocycles. The molecule has 4 aromatic rings. The number of nitrogens with one attached hydrogen (secondary N) is 1. The quantitative estimate of drug-likeness (QED) is 0.389. The number of benzene rings is 2. The van der Waals surface area contributed by atoms with E-state index in [2.05, 4.69) is 44.6 Å². The fourth-order valence-electron chi connectivity index (χ4n) is 2.74. The van der Waals surface area contributed by atoms with Gasteiger partial charge in [0.15, 0.2) is 10.8 Å². The highest BCUT2D eigenvalue weighted by molar-refractivity contribution is 7.98. The van der Waals surface area contributed by atoms with Crippen molar-refractivity contribution < 1.29 is 0 Å². The van der Waals surface area contributed by atoms with Gasteiger partial charge in [-0.3, -0.25) is 0 Å². The standard InChI is InChI=1S/C21H19N5S/c1-27-21-24-19(22-14-17-10-6-3-7-11-17)18-15-23-26(20(18)25-21)13-12-16-8-4-2-5-9-16/h2-13,15H,14H2,1H3,(H,22,24,25)/b13-12+. The first-order chi connectivity index (χ1) is 13.3. The lowest BCUT2D eigenvalue weighted by Gasteiger charge is -2.08. The summed E-state index contributed by atoms with van der Waals surface area (Å²) < 4.78 is 1.79. The molecule has 0 bridgehead atoms. The van der Waals surface area contributed by atoms with Gasteiger partial charge in [-0.05, 0) is 23.5 Å². The molecule has 2 heterocycles. The van der Waals surface area contributed by atoms with E-state index in [9.17, 15) is 0 Å². The Bertz CT molecular complexity index is 1060. The van der Waals surface area contributed by atoms with Crippen LogP contribution in [0.15, 0.2) is 72.0 Å². The van der Waals surface area contributed by atoms with E-state index in [0.29, 0.717) is 11.7 Å². The van der Waals surface area contributed by atoms with Crippen molar-refractivity contribution in [3.63, 3.8) is 0 Å². The zero-order valence-electron chi connectivity index (χ0n) is 14.9. The molecule has 0 aliphatic heterocycles. The Kier molecular flexibility index (Phi) is 5.16. The maximum absolute atomic E-state index is 4.64. The molecule has 0 saturated heterocycles. The van der Waals surface area contributed by atoms with Gasteiger partial charge in [0.25, 0.3) is 0 Å². The van der Waals surface area contributed by atoms with Crippen LogP contribution in [0.4, 0.5) is 5.82 Å². The lowest BCUT2D eigenvalue weighted by molar-refractivity contribution is 0.918. The Morgan fingerprint density at radius 3 is 2.48 bits per heavy atom. The summed E-state index contributed by atoms with van der Waals surface area (Å²) in [6, 6.07) is 20.4. The average Bonchev–Trinajstić information content (AvgIpc) is 3.15. The van der Waals surface area contributed by atoms with Gasteiger partial charge in [0, 0.05) is 12.7 Å². The Morgan fingerprint density at radius 1 is 1.00 bits per heavy atom. The number of nitrogens with zero attached hydrogens (tertiary/aromatic N) is 4. The van der Waals surface area contributed by atoms with Gasteiger partial charge in [-0.25, -0.2) is 14.6 Å². The molecule has 0 fully saturated rings. The second-order valence-corrected chi connectivity index (χ2v) is 6.72. The smallest absolute Gasteiger partial charge is 0.191 e. The third-order valence-corrected chi connectivity index (χ3v) is 4.67. The number of anilines is 1.